The number of amides is 1. The van der Waals surface area contributed by atoms with E-state index in [2.05, 4.69) is 6.07 Å². The SMILES string of the molecule is CC(C)(C)Oc1ccc(C(=O)N2CCOC[C@@H]2C#N)cc1. The molecular weight excluding hydrogens is 268 g/mol. The summed E-state index contributed by atoms with van der Waals surface area (Å²) in [5.74, 6) is 0.574. The topological polar surface area (TPSA) is 62.6 Å². The van der Waals surface area contributed by atoms with Gasteiger partial charge in [-0.05, 0) is 45.0 Å². The number of nitrogens with zero attached hydrogens (tertiary/aromatic N) is 2. The minimum atomic E-state index is -0.517. The number of ether oxygens (including phenoxy) is 2. The van der Waals surface area contributed by atoms with E-state index < -0.39 is 6.04 Å². The summed E-state index contributed by atoms with van der Waals surface area (Å²) in [6.45, 7) is 7.09. The Morgan fingerprint density at radius 3 is 2.62 bits per heavy atom. The summed E-state index contributed by atoms with van der Waals surface area (Å²) in [7, 11) is 0. The van der Waals surface area contributed by atoms with Crippen molar-refractivity contribution in [1.82, 2.24) is 4.90 Å². The van der Waals surface area contributed by atoms with Crippen molar-refractivity contribution in [3.05, 3.63) is 29.8 Å². The molecule has 5 nitrogen and oxygen atoms in total. The van der Waals surface area contributed by atoms with Crippen LogP contribution in [0.2, 0.25) is 0 Å². The smallest absolute Gasteiger partial charge is 0.255 e. The molecule has 1 heterocycles. The average Bonchev–Trinajstić information content (AvgIpc) is 2.45. The van der Waals surface area contributed by atoms with Crippen molar-refractivity contribution in [2.45, 2.75) is 32.4 Å². The summed E-state index contributed by atoms with van der Waals surface area (Å²) in [5, 5.41) is 9.09. The van der Waals surface area contributed by atoms with Gasteiger partial charge in [0, 0.05) is 12.1 Å². The van der Waals surface area contributed by atoms with Crippen LogP contribution in [0.4, 0.5) is 0 Å². The minimum absolute atomic E-state index is 0.146. The van der Waals surface area contributed by atoms with Crippen LogP contribution < -0.4 is 4.74 Å². The third kappa shape index (κ3) is 3.96. The molecule has 1 aliphatic rings. The Morgan fingerprint density at radius 1 is 1.38 bits per heavy atom. The number of nitriles is 1. The standard InChI is InChI=1S/C16H20N2O3/c1-16(2,3)21-14-6-4-12(5-7-14)15(19)18-8-9-20-11-13(18)10-17/h4-7,13H,8-9,11H2,1-3H3/t13-/m0/s1. The molecule has 1 saturated heterocycles. The van der Waals surface area contributed by atoms with Crippen molar-refractivity contribution in [2.75, 3.05) is 19.8 Å². The molecule has 1 aliphatic heterocycles. The van der Waals surface area contributed by atoms with Crippen molar-refractivity contribution in [3.8, 4) is 11.8 Å². The second-order valence-electron chi connectivity index (χ2n) is 5.96. The molecule has 0 radical (unpaired) electrons. The van der Waals surface area contributed by atoms with Crippen LogP contribution in [0.5, 0.6) is 5.75 Å². The maximum absolute atomic E-state index is 12.4. The molecule has 0 N–H and O–H groups in total. The minimum Gasteiger partial charge on any atom is -0.488 e. The molecule has 0 unspecified atom stereocenters. The van der Waals surface area contributed by atoms with Crippen LogP contribution in [0.1, 0.15) is 31.1 Å². The molecule has 5 heteroatoms. The maximum Gasteiger partial charge on any atom is 0.255 e. The number of benzene rings is 1. The number of carbonyl (C=O) groups is 1. The second-order valence-corrected chi connectivity index (χ2v) is 5.96. The predicted octanol–water partition coefficient (Wildman–Crippen LogP) is 2.23. The first-order valence-electron chi connectivity index (χ1n) is 6.98. The first-order valence-corrected chi connectivity index (χ1v) is 6.98. The van der Waals surface area contributed by atoms with Gasteiger partial charge in [0.05, 0.1) is 19.3 Å². The fourth-order valence-corrected chi connectivity index (χ4v) is 2.14. The van der Waals surface area contributed by atoms with Gasteiger partial charge in [0.15, 0.2) is 0 Å². The molecule has 1 fully saturated rings. The fraction of sp³-hybridized carbons (Fsp3) is 0.500. The van der Waals surface area contributed by atoms with Crippen molar-refractivity contribution in [2.24, 2.45) is 0 Å². The Kier molecular flexibility index (Phi) is 4.49. The van der Waals surface area contributed by atoms with Gasteiger partial charge in [0.2, 0.25) is 0 Å². The zero-order valence-corrected chi connectivity index (χ0v) is 12.6. The Labute approximate surface area is 125 Å². The fourth-order valence-electron chi connectivity index (χ4n) is 2.14. The lowest BCUT2D eigenvalue weighted by molar-refractivity contribution is 0.0132. The maximum atomic E-state index is 12.4. The number of carbonyl (C=O) groups excluding carboxylic acids is 1. The van der Waals surface area contributed by atoms with Crippen molar-refractivity contribution >= 4 is 5.91 Å². The lowest BCUT2D eigenvalue weighted by Crippen LogP contribution is -2.47. The molecule has 1 aromatic rings. The highest BCUT2D eigenvalue weighted by Crippen LogP contribution is 2.20. The zero-order valence-electron chi connectivity index (χ0n) is 12.6. The van der Waals surface area contributed by atoms with Gasteiger partial charge < -0.3 is 14.4 Å². The van der Waals surface area contributed by atoms with Crippen LogP contribution >= 0.6 is 0 Å². The third-order valence-corrected chi connectivity index (χ3v) is 3.06. The molecule has 0 bridgehead atoms. The summed E-state index contributed by atoms with van der Waals surface area (Å²) >= 11 is 0. The Bertz CT molecular complexity index is 540. The molecule has 1 aromatic carbocycles. The van der Waals surface area contributed by atoms with Gasteiger partial charge in [0.1, 0.15) is 17.4 Å². The summed E-state index contributed by atoms with van der Waals surface area (Å²) < 4.78 is 11.0. The third-order valence-electron chi connectivity index (χ3n) is 3.06. The van der Waals surface area contributed by atoms with Gasteiger partial charge in [-0.15, -0.1) is 0 Å². The van der Waals surface area contributed by atoms with Crippen molar-refractivity contribution in [1.29, 1.82) is 5.26 Å². The van der Waals surface area contributed by atoms with E-state index in [4.69, 9.17) is 14.7 Å². The molecule has 112 valence electrons. The van der Waals surface area contributed by atoms with E-state index in [1.54, 1.807) is 29.2 Å². The quantitative estimate of drug-likeness (QED) is 0.837. The molecule has 21 heavy (non-hydrogen) atoms. The van der Waals surface area contributed by atoms with E-state index in [0.29, 0.717) is 18.7 Å². The number of hydrogen-bond acceptors (Lipinski definition) is 4. The van der Waals surface area contributed by atoms with E-state index in [9.17, 15) is 4.79 Å². The van der Waals surface area contributed by atoms with Gasteiger partial charge in [-0.25, -0.2) is 0 Å². The molecule has 1 atom stereocenters. The molecular formula is C16H20N2O3. The average molecular weight is 288 g/mol. The van der Waals surface area contributed by atoms with Gasteiger partial charge in [-0.3, -0.25) is 4.79 Å². The predicted molar refractivity (Wildman–Crippen MR) is 78.1 cm³/mol. The lowest BCUT2D eigenvalue weighted by atomic mass is 10.1. The Hall–Kier alpha value is -2.06. The Morgan fingerprint density at radius 2 is 2.05 bits per heavy atom. The van der Waals surface area contributed by atoms with Crippen LogP contribution in [-0.2, 0) is 4.74 Å². The first kappa shape index (κ1) is 15.3. The molecule has 2 rings (SSSR count). The molecule has 1 amide bonds. The highest BCUT2D eigenvalue weighted by atomic mass is 16.5. The molecule has 0 aliphatic carbocycles. The van der Waals surface area contributed by atoms with Crippen LogP contribution in [0, 0.1) is 11.3 Å². The van der Waals surface area contributed by atoms with Crippen LogP contribution in [-0.4, -0.2) is 42.2 Å². The van der Waals surface area contributed by atoms with E-state index in [-0.39, 0.29) is 18.1 Å². The normalized spacial score (nSPS) is 19.0. The summed E-state index contributed by atoms with van der Waals surface area (Å²) in [6, 6.07) is 8.60. The molecule has 0 aromatic heterocycles. The molecule has 0 spiro atoms. The van der Waals surface area contributed by atoms with E-state index in [1.165, 1.54) is 0 Å². The summed E-state index contributed by atoms with van der Waals surface area (Å²) in [6.07, 6.45) is 0. The van der Waals surface area contributed by atoms with E-state index in [1.807, 2.05) is 20.8 Å². The van der Waals surface area contributed by atoms with Crippen molar-refractivity contribution in [3.63, 3.8) is 0 Å². The highest BCUT2D eigenvalue weighted by Gasteiger charge is 2.27. The van der Waals surface area contributed by atoms with Gasteiger partial charge in [-0.1, -0.05) is 0 Å². The highest BCUT2D eigenvalue weighted by molar-refractivity contribution is 5.94. The number of hydrogen-bond donors (Lipinski definition) is 0. The molecule has 0 saturated carbocycles. The van der Waals surface area contributed by atoms with Crippen LogP contribution in [0.3, 0.4) is 0 Å². The number of morpholine rings is 1. The van der Waals surface area contributed by atoms with Crippen LogP contribution in [0.25, 0.3) is 0 Å². The Balaban J connectivity index is 2.11. The van der Waals surface area contributed by atoms with E-state index >= 15 is 0 Å². The monoisotopic (exact) mass is 288 g/mol. The second kappa shape index (κ2) is 6.15. The summed E-state index contributed by atoms with van der Waals surface area (Å²) in [4.78, 5) is 14.0. The first-order chi connectivity index (χ1) is 9.90. The van der Waals surface area contributed by atoms with Gasteiger partial charge in [0.25, 0.3) is 5.91 Å². The van der Waals surface area contributed by atoms with Gasteiger partial charge >= 0.3 is 0 Å². The van der Waals surface area contributed by atoms with Crippen LogP contribution in [0.15, 0.2) is 24.3 Å². The zero-order chi connectivity index (χ0) is 15.5. The van der Waals surface area contributed by atoms with E-state index in [0.717, 1.165) is 5.75 Å². The number of rotatable bonds is 2. The van der Waals surface area contributed by atoms with Crippen molar-refractivity contribution < 1.29 is 14.3 Å². The largest absolute Gasteiger partial charge is 0.488 e. The summed E-state index contributed by atoms with van der Waals surface area (Å²) in [5.41, 5.74) is 0.278. The lowest BCUT2D eigenvalue weighted by Gasteiger charge is -2.31. The van der Waals surface area contributed by atoms with Gasteiger partial charge in [-0.2, -0.15) is 5.26 Å².